The minimum absolute atomic E-state index is 0.320. The summed E-state index contributed by atoms with van der Waals surface area (Å²) in [6, 6.07) is 17.3. The molecular weight excluding hydrogens is 261 g/mol. The van der Waals surface area contributed by atoms with Gasteiger partial charge in [0.15, 0.2) is 0 Å². The van der Waals surface area contributed by atoms with E-state index in [1.807, 2.05) is 0 Å². The molecule has 0 bridgehead atoms. The summed E-state index contributed by atoms with van der Waals surface area (Å²) in [5.41, 5.74) is 3.97. The fourth-order valence-electron chi connectivity index (χ4n) is 2.38. The van der Waals surface area contributed by atoms with Crippen molar-refractivity contribution in [1.82, 2.24) is 0 Å². The molecule has 0 spiro atoms. The molecule has 1 nitrogen and oxygen atoms in total. The van der Waals surface area contributed by atoms with Gasteiger partial charge in [0.2, 0.25) is 0 Å². The highest BCUT2D eigenvalue weighted by Crippen LogP contribution is 2.37. The Morgan fingerprint density at radius 3 is 2.05 bits per heavy atom. The molecule has 2 heteroatoms. The first-order valence-corrected chi connectivity index (χ1v) is 8.02. The van der Waals surface area contributed by atoms with Crippen molar-refractivity contribution >= 4 is 19.6 Å². The standard InChI is InChI=1S/C18H24NP/c1-18(2,3)20-16-13-9-12-15(17(16)19(4)5)14-10-7-6-8-11-14/h6-13,20H,1-5H3. The average molecular weight is 285 g/mol. The normalized spacial score (nSPS) is 12.1. The molecule has 0 amide bonds. The van der Waals surface area contributed by atoms with E-state index >= 15 is 0 Å². The predicted octanol–water partition coefficient (Wildman–Crippen LogP) is 4.52. The summed E-state index contributed by atoms with van der Waals surface area (Å²) in [7, 11) is 5.08. The zero-order valence-corrected chi connectivity index (χ0v) is 14.1. The van der Waals surface area contributed by atoms with Crippen molar-refractivity contribution in [3.63, 3.8) is 0 Å². The summed E-state index contributed by atoms with van der Waals surface area (Å²) in [5, 5.41) is 1.77. The van der Waals surface area contributed by atoms with E-state index in [1.54, 1.807) is 0 Å². The van der Waals surface area contributed by atoms with Crippen LogP contribution in [0.5, 0.6) is 0 Å². The maximum Gasteiger partial charge on any atom is 0.0516 e. The molecule has 0 heterocycles. The molecule has 0 N–H and O–H groups in total. The molecule has 0 fully saturated rings. The summed E-state index contributed by atoms with van der Waals surface area (Å²) in [6.45, 7) is 6.92. The van der Waals surface area contributed by atoms with E-state index in [-0.39, 0.29) is 0 Å². The number of benzene rings is 2. The van der Waals surface area contributed by atoms with Gasteiger partial charge >= 0.3 is 0 Å². The molecule has 1 unspecified atom stereocenters. The van der Waals surface area contributed by atoms with Gasteiger partial charge in [-0.15, -0.1) is 0 Å². The average Bonchev–Trinajstić information content (AvgIpc) is 2.37. The van der Waals surface area contributed by atoms with E-state index in [4.69, 9.17) is 0 Å². The van der Waals surface area contributed by atoms with Crippen molar-refractivity contribution in [1.29, 1.82) is 0 Å². The lowest BCUT2D eigenvalue weighted by Crippen LogP contribution is -2.21. The number of para-hydroxylation sites is 1. The third-order valence-corrected chi connectivity index (χ3v) is 4.50. The van der Waals surface area contributed by atoms with Gasteiger partial charge in [0.1, 0.15) is 0 Å². The van der Waals surface area contributed by atoms with Crippen LogP contribution in [0, 0.1) is 0 Å². The SMILES string of the molecule is CN(C)c1c(PC(C)(C)C)cccc1-c1ccccc1. The topological polar surface area (TPSA) is 3.24 Å². The molecule has 0 aliphatic carbocycles. The maximum absolute atomic E-state index is 2.31. The highest BCUT2D eigenvalue weighted by molar-refractivity contribution is 7.49. The van der Waals surface area contributed by atoms with Gasteiger partial charge in [-0.2, -0.15) is 0 Å². The fourth-order valence-corrected chi connectivity index (χ4v) is 3.85. The van der Waals surface area contributed by atoms with Crippen LogP contribution in [-0.4, -0.2) is 19.3 Å². The monoisotopic (exact) mass is 285 g/mol. The number of hydrogen-bond donors (Lipinski definition) is 0. The van der Waals surface area contributed by atoms with Crippen molar-refractivity contribution in [3.8, 4) is 11.1 Å². The van der Waals surface area contributed by atoms with Crippen molar-refractivity contribution in [2.75, 3.05) is 19.0 Å². The van der Waals surface area contributed by atoms with Crippen molar-refractivity contribution in [3.05, 3.63) is 48.5 Å². The molecule has 0 saturated carbocycles. The van der Waals surface area contributed by atoms with Gasteiger partial charge in [-0.05, 0) is 16.0 Å². The van der Waals surface area contributed by atoms with Gasteiger partial charge < -0.3 is 4.90 Å². The predicted molar refractivity (Wildman–Crippen MR) is 93.9 cm³/mol. The second-order valence-electron chi connectivity index (χ2n) is 6.34. The molecule has 0 aliphatic rings. The number of nitrogens with zero attached hydrogens (tertiary/aromatic N) is 1. The first-order chi connectivity index (χ1) is 9.38. The molecule has 20 heavy (non-hydrogen) atoms. The third-order valence-electron chi connectivity index (χ3n) is 3.08. The molecule has 0 radical (unpaired) electrons. The Morgan fingerprint density at radius 1 is 0.850 bits per heavy atom. The Hall–Kier alpha value is -1.33. The zero-order valence-electron chi connectivity index (χ0n) is 13.1. The lowest BCUT2D eigenvalue weighted by molar-refractivity contribution is 0.799. The Labute approximate surface area is 124 Å². The van der Waals surface area contributed by atoms with Crippen LogP contribution >= 0.6 is 8.58 Å². The zero-order chi connectivity index (χ0) is 14.8. The van der Waals surface area contributed by atoms with E-state index in [9.17, 15) is 0 Å². The Morgan fingerprint density at radius 2 is 1.50 bits per heavy atom. The smallest absolute Gasteiger partial charge is 0.0516 e. The maximum atomic E-state index is 2.31. The van der Waals surface area contributed by atoms with Crippen LogP contribution in [0.25, 0.3) is 11.1 Å². The van der Waals surface area contributed by atoms with Crippen LogP contribution in [0.2, 0.25) is 0 Å². The van der Waals surface area contributed by atoms with Gasteiger partial charge in [0.25, 0.3) is 0 Å². The second-order valence-corrected chi connectivity index (χ2v) is 8.63. The molecule has 0 aliphatic heterocycles. The fraction of sp³-hybridized carbons (Fsp3) is 0.333. The number of hydrogen-bond acceptors (Lipinski definition) is 1. The lowest BCUT2D eigenvalue weighted by Gasteiger charge is -2.26. The Bertz CT molecular complexity index is 568. The molecule has 2 rings (SSSR count). The molecule has 0 aromatic heterocycles. The van der Waals surface area contributed by atoms with Gasteiger partial charge in [-0.25, -0.2) is 0 Å². The Kier molecular flexibility index (Phi) is 4.50. The van der Waals surface area contributed by atoms with E-state index < -0.39 is 0 Å². The third kappa shape index (κ3) is 3.61. The quantitative estimate of drug-likeness (QED) is 0.749. The van der Waals surface area contributed by atoms with Crippen LogP contribution < -0.4 is 10.2 Å². The van der Waals surface area contributed by atoms with E-state index in [0.29, 0.717) is 5.16 Å². The molecule has 1 atom stereocenters. The van der Waals surface area contributed by atoms with Gasteiger partial charge in [0.05, 0.1) is 5.69 Å². The summed E-state index contributed by atoms with van der Waals surface area (Å²) in [6.07, 6.45) is 0. The molecule has 2 aromatic rings. The minimum atomic E-state index is 0.320. The van der Waals surface area contributed by atoms with Crippen LogP contribution in [0.4, 0.5) is 5.69 Å². The van der Waals surface area contributed by atoms with Crippen LogP contribution in [0.3, 0.4) is 0 Å². The van der Waals surface area contributed by atoms with Gasteiger partial charge in [-0.3, -0.25) is 0 Å². The van der Waals surface area contributed by atoms with E-state index in [1.165, 1.54) is 22.1 Å². The highest BCUT2D eigenvalue weighted by atomic mass is 31.1. The van der Waals surface area contributed by atoms with E-state index in [0.717, 1.165) is 8.58 Å². The highest BCUT2D eigenvalue weighted by Gasteiger charge is 2.17. The lowest BCUT2D eigenvalue weighted by atomic mass is 10.0. The largest absolute Gasteiger partial charge is 0.377 e. The number of rotatable bonds is 3. The summed E-state index contributed by atoms with van der Waals surface area (Å²) >= 11 is 0. The molecule has 2 aromatic carbocycles. The van der Waals surface area contributed by atoms with Gasteiger partial charge in [0, 0.05) is 19.7 Å². The molecular formula is C18H24NP. The van der Waals surface area contributed by atoms with E-state index in [2.05, 4.69) is 88.3 Å². The summed E-state index contributed by atoms with van der Waals surface area (Å²) in [5.74, 6) is 0. The van der Waals surface area contributed by atoms with Crippen molar-refractivity contribution in [2.24, 2.45) is 0 Å². The van der Waals surface area contributed by atoms with Crippen molar-refractivity contribution < 1.29 is 0 Å². The summed E-state index contributed by atoms with van der Waals surface area (Å²) in [4.78, 5) is 2.25. The Balaban J connectivity index is 2.56. The molecule has 106 valence electrons. The minimum Gasteiger partial charge on any atom is -0.377 e. The number of anilines is 1. The molecule has 0 saturated heterocycles. The van der Waals surface area contributed by atoms with Crippen LogP contribution in [-0.2, 0) is 0 Å². The second kappa shape index (κ2) is 5.97. The van der Waals surface area contributed by atoms with Crippen LogP contribution in [0.15, 0.2) is 48.5 Å². The first-order valence-electron chi connectivity index (χ1n) is 7.02. The first kappa shape index (κ1) is 15.1. The summed E-state index contributed by atoms with van der Waals surface area (Å²) < 4.78 is 0. The van der Waals surface area contributed by atoms with Crippen molar-refractivity contribution in [2.45, 2.75) is 25.9 Å². The van der Waals surface area contributed by atoms with Gasteiger partial charge in [-0.1, -0.05) is 77.9 Å². The van der Waals surface area contributed by atoms with Crippen LogP contribution in [0.1, 0.15) is 20.8 Å².